The van der Waals surface area contributed by atoms with Gasteiger partial charge in [-0.2, -0.15) is 0 Å². The summed E-state index contributed by atoms with van der Waals surface area (Å²) in [7, 11) is 2.18. The van der Waals surface area contributed by atoms with Gasteiger partial charge >= 0.3 is 0 Å². The molecule has 0 aliphatic carbocycles. The van der Waals surface area contributed by atoms with Crippen LogP contribution in [0.5, 0.6) is 0 Å². The average molecular weight is 272 g/mol. The molecule has 1 aromatic carbocycles. The van der Waals surface area contributed by atoms with Gasteiger partial charge in [-0.3, -0.25) is 4.79 Å². The van der Waals surface area contributed by atoms with Gasteiger partial charge < -0.3 is 9.80 Å². The third kappa shape index (κ3) is 2.14. The maximum absolute atomic E-state index is 12.5. The maximum Gasteiger partial charge on any atom is 0.227 e. The van der Waals surface area contributed by atoms with Crippen molar-refractivity contribution in [2.24, 2.45) is 0 Å². The van der Waals surface area contributed by atoms with Crippen molar-refractivity contribution in [2.75, 3.05) is 25.0 Å². The summed E-state index contributed by atoms with van der Waals surface area (Å²) in [5, 5.41) is 0. The molecule has 2 aliphatic rings. The Morgan fingerprint density at radius 1 is 1.40 bits per heavy atom. The summed E-state index contributed by atoms with van der Waals surface area (Å²) in [5.74, 6) is 0.791. The molecule has 0 N–H and O–H groups in total. The quantitative estimate of drug-likeness (QED) is 0.826. The molecule has 1 aromatic rings. The van der Waals surface area contributed by atoms with E-state index in [1.54, 1.807) is 0 Å². The third-order valence-electron chi connectivity index (χ3n) is 4.69. The van der Waals surface area contributed by atoms with Gasteiger partial charge in [0.2, 0.25) is 5.91 Å². The Kier molecular flexibility index (Phi) is 3.55. The fourth-order valence-electron chi connectivity index (χ4n) is 3.74. The van der Waals surface area contributed by atoms with Crippen LogP contribution < -0.4 is 4.90 Å². The van der Waals surface area contributed by atoms with E-state index in [2.05, 4.69) is 48.9 Å². The molecule has 2 heterocycles. The summed E-state index contributed by atoms with van der Waals surface area (Å²) in [6.45, 7) is 6.37. The summed E-state index contributed by atoms with van der Waals surface area (Å²) in [6.07, 6.45) is 2.67. The van der Waals surface area contributed by atoms with Crippen molar-refractivity contribution >= 4 is 11.6 Å². The zero-order chi connectivity index (χ0) is 14.3. The molecular formula is C17H24N2O. The van der Waals surface area contributed by atoms with Crippen LogP contribution in [0.25, 0.3) is 0 Å². The van der Waals surface area contributed by atoms with E-state index in [-0.39, 0.29) is 0 Å². The van der Waals surface area contributed by atoms with E-state index in [9.17, 15) is 4.79 Å². The molecule has 0 saturated carbocycles. The first kappa shape index (κ1) is 13.6. The zero-order valence-corrected chi connectivity index (χ0v) is 12.7. The fourth-order valence-corrected chi connectivity index (χ4v) is 3.74. The van der Waals surface area contributed by atoms with E-state index in [1.807, 2.05) is 0 Å². The summed E-state index contributed by atoms with van der Waals surface area (Å²) in [6, 6.07) is 6.94. The molecule has 1 amide bonds. The summed E-state index contributed by atoms with van der Waals surface area (Å²) < 4.78 is 0. The summed E-state index contributed by atoms with van der Waals surface area (Å²) >= 11 is 0. The number of piperidine rings is 1. The standard InChI is InChI=1S/C17H24N2O/c1-4-5-17(20)19-15-7-6-12(2)10-13(15)14-11-18(3)9-8-16(14)19/h6-7,10,14,16H,4-5,8-9,11H2,1-3H3/t14-,16-/m1/s1. The molecule has 0 bridgehead atoms. The fraction of sp³-hybridized carbons (Fsp3) is 0.588. The van der Waals surface area contributed by atoms with E-state index in [0.29, 0.717) is 24.3 Å². The van der Waals surface area contributed by atoms with Gasteiger partial charge in [0, 0.05) is 30.6 Å². The number of aryl methyl sites for hydroxylation is 1. The van der Waals surface area contributed by atoms with Crippen molar-refractivity contribution in [3.05, 3.63) is 29.3 Å². The van der Waals surface area contributed by atoms with Crippen LogP contribution in [0.3, 0.4) is 0 Å². The minimum atomic E-state index is 0.301. The summed E-state index contributed by atoms with van der Waals surface area (Å²) in [5.41, 5.74) is 3.84. The van der Waals surface area contributed by atoms with E-state index < -0.39 is 0 Å². The van der Waals surface area contributed by atoms with Crippen LogP contribution >= 0.6 is 0 Å². The number of carbonyl (C=O) groups is 1. The molecule has 3 rings (SSSR count). The number of hydrogen-bond acceptors (Lipinski definition) is 2. The SMILES string of the molecule is CCCC(=O)N1c2ccc(C)cc2[C@H]2CN(C)CC[C@H]21. The van der Waals surface area contributed by atoms with Crippen LogP contribution in [0.15, 0.2) is 18.2 Å². The Balaban J connectivity index is 2.01. The van der Waals surface area contributed by atoms with Crippen molar-refractivity contribution in [1.29, 1.82) is 0 Å². The van der Waals surface area contributed by atoms with Gasteiger partial charge in [0.15, 0.2) is 0 Å². The second kappa shape index (κ2) is 5.21. The molecule has 0 aromatic heterocycles. The molecule has 20 heavy (non-hydrogen) atoms. The Morgan fingerprint density at radius 2 is 2.20 bits per heavy atom. The van der Waals surface area contributed by atoms with E-state index in [0.717, 1.165) is 25.9 Å². The topological polar surface area (TPSA) is 23.6 Å². The molecule has 0 spiro atoms. The molecular weight excluding hydrogens is 248 g/mol. The first-order valence-corrected chi connectivity index (χ1v) is 7.73. The number of likely N-dealkylation sites (tertiary alicyclic amines) is 1. The molecule has 3 nitrogen and oxygen atoms in total. The lowest BCUT2D eigenvalue weighted by Gasteiger charge is -2.36. The molecule has 108 valence electrons. The number of amides is 1. The zero-order valence-electron chi connectivity index (χ0n) is 12.7. The molecule has 1 fully saturated rings. The number of rotatable bonds is 2. The largest absolute Gasteiger partial charge is 0.308 e. The monoisotopic (exact) mass is 272 g/mol. The number of fused-ring (bicyclic) bond motifs is 3. The molecule has 3 heteroatoms. The first-order chi connectivity index (χ1) is 9.61. The van der Waals surface area contributed by atoms with Crippen LogP contribution in [-0.2, 0) is 4.79 Å². The normalized spacial score (nSPS) is 25.4. The van der Waals surface area contributed by atoms with E-state index in [1.165, 1.54) is 16.8 Å². The van der Waals surface area contributed by atoms with Crippen molar-refractivity contribution in [2.45, 2.75) is 45.1 Å². The Hall–Kier alpha value is -1.35. The summed E-state index contributed by atoms with van der Waals surface area (Å²) in [4.78, 5) is 17.0. The van der Waals surface area contributed by atoms with Gasteiger partial charge in [0.05, 0.1) is 0 Å². The van der Waals surface area contributed by atoms with Crippen LogP contribution in [0.1, 0.15) is 43.2 Å². The Labute approximate surface area is 121 Å². The maximum atomic E-state index is 12.5. The Bertz CT molecular complexity index is 526. The lowest BCUT2D eigenvalue weighted by atomic mass is 9.89. The third-order valence-corrected chi connectivity index (χ3v) is 4.69. The van der Waals surface area contributed by atoms with Crippen LogP contribution in [0, 0.1) is 6.92 Å². The minimum Gasteiger partial charge on any atom is -0.308 e. The number of likely N-dealkylation sites (N-methyl/N-ethyl adjacent to an activating group) is 1. The van der Waals surface area contributed by atoms with Gasteiger partial charge in [-0.1, -0.05) is 24.6 Å². The number of benzene rings is 1. The van der Waals surface area contributed by atoms with Crippen molar-refractivity contribution in [3.8, 4) is 0 Å². The molecule has 1 saturated heterocycles. The van der Waals surface area contributed by atoms with Gasteiger partial charge in [0.1, 0.15) is 0 Å². The second-order valence-corrected chi connectivity index (χ2v) is 6.30. The van der Waals surface area contributed by atoms with Crippen molar-refractivity contribution in [1.82, 2.24) is 4.90 Å². The number of nitrogens with zero attached hydrogens (tertiary/aromatic N) is 2. The lowest BCUT2D eigenvalue weighted by molar-refractivity contribution is -0.119. The Morgan fingerprint density at radius 3 is 2.95 bits per heavy atom. The smallest absolute Gasteiger partial charge is 0.227 e. The number of carbonyl (C=O) groups excluding carboxylic acids is 1. The van der Waals surface area contributed by atoms with E-state index >= 15 is 0 Å². The average Bonchev–Trinajstić information content (AvgIpc) is 2.72. The predicted molar refractivity (Wildman–Crippen MR) is 82.2 cm³/mol. The predicted octanol–water partition coefficient (Wildman–Crippen LogP) is 2.93. The minimum absolute atomic E-state index is 0.301. The van der Waals surface area contributed by atoms with Crippen LogP contribution in [0.2, 0.25) is 0 Å². The molecule has 2 aliphatic heterocycles. The highest BCUT2D eigenvalue weighted by Gasteiger charge is 2.43. The van der Waals surface area contributed by atoms with Gasteiger partial charge in [-0.15, -0.1) is 0 Å². The van der Waals surface area contributed by atoms with Crippen molar-refractivity contribution in [3.63, 3.8) is 0 Å². The van der Waals surface area contributed by atoms with Crippen LogP contribution in [0.4, 0.5) is 5.69 Å². The first-order valence-electron chi connectivity index (χ1n) is 7.73. The van der Waals surface area contributed by atoms with Gasteiger partial charge in [-0.25, -0.2) is 0 Å². The van der Waals surface area contributed by atoms with E-state index in [4.69, 9.17) is 0 Å². The molecule has 0 radical (unpaired) electrons. The molecule has 2 atom stereocenters. The second-order valence-electron chi connectivity index (χ2n) is 6.30. The highest BCUT2D eigenvalue weighted by atomic mass is 16.2. The van der Waals surface area contributed by atoms with Gasteiger partial charge in [0.25, 0.3) is 0 Å². The van der Waals surface area contributed by atoms with Gasteiger partial charge in [-0.05, 0) is 45.0 Å². The number of hydrogen-bond donors (Lipinski definition) is 0. The highest BCUT2D eigenvalue weighted by molar-refractivity contribution is 5.96. The highest BCUT2D eigenvalue weighted by Crippen LogP contribution is 2.45. The lowest BCUT2D eigenvalue weighted by Crippen LogP contribution is -2.47. The molecule has 0 unspecified atom stereocenters. The number of anilines is 1. The van der Waals surface area contributed by atoms with Crippen LogP contribution in [-0.4, -0.2) is 37.0 Å². The van der Waals surface area contributed by atoms with Crippen molar-refractivity contribution < 1.29 is 4.79 Å².